The largest absolute Gasteiger partial charge is 0.481 e. The van der Waals surface area contributed by atoms with Crippen molar-refractivity contribution in [2.45, 2.75) is 11.3 Å². The molecule has 3 N–H and O–H groups in total. The lowest BCUT2D eigenvalue weighted by molar-refractivity contribution is -0.136. The topological polar surface area (TPSA) is 101 Å². The minimum atomic E-state index is -3.95. The van der Waals surface area contributed by atoms with Crippen LogP contribution in [0, 0.1) is 5.82 Å². The molecule has 0 aliphatic heterocycles. The van der Waals surface area contributed by atoms with Gasteiger partial charge in [-0.3, -0.25) is 4.79 Å². The SMILES string of the molecule is CN(CCC(=O)O)c1ccc(S(N)(=O)=O)cc1F. The average Bonchev–Trinajstić information content (AvgIpc) is 2.24. The van der Waals surface area contributed by atoms with Crippen molar-refractivity contribution in [2.24, 2.45) is 5.14 Å². The number of carboxylic acids is 1. The summed E-state index contributed by atoms with van der Waals surface area (Å²) >= 11 is 0. The van der Waals surface area contributed by atoms with Gasteiger partial charge in [-0.25, -0.2) is 17.9 Å². The number of sulfonamides is 1. The number of primary sulfonamides is 1. The predicted molar refractivity (Wildman–Crippen MR) is 63.3 cm³/mol. The Morgan fingerprint density at radius 2 is 2.11 bits per heavy atom. The molecule has 100 valence electrons. The molecule has 0 fully saturated rings. The van der Waals surface area contributed by atoms with E-state index in [2.05, 4.69) is 0 Å². The Kier molecular flexibility index (Phi) is 4.25. The number of aliphatic carboxylic acids is 1. The van der Waals surface area contributed by atoms with Gasteiger partial charge < -0.3 is 10.0 Å². The van der Waals surface area contributed by atoms with Crippen LogP contribution >= 0.6 is 0 Å². The van der Waals surface area contributed by atoms with E-state index in [-0.39, 0.29) is 23.5 Å². The zero-order valence-electron chi connectivity index (χ0n) is 9.63. The average molecular weight is 276 g/mol. The molecule has 0 radical (unpaired) electrons. The third-order valence-electron chi connectivity index (χ3n) is 2.32. The second-order valence-electron chi connectivity index (χ2n) is 3.72. The van der Waals surface area contributed by atoms with Gasteiger partial charge in [0.15, 0.2) is 0 Å². The maximum Gasteiger partial charge on any atom is 0.305 e. The van der Waals surface area contributed by atoms with Crippen LogP contribution < -0.4 is 10.0 Å². The Labute approximate surface area is 104 Å². The third-order valence-corrected chi connectivity index (χ3v) is 3.23. The van der Waals surface area contributed by atoms with Gasteiger partial charge in [0, 0.05) is 13.6 Å². The molecule has 0 heterocycles. The second-order valence-corrected chi connectivity index (χ2v) is 5.28. The lowest BCUT2D eigenvalue weighted by Gasteiger charge is -2.19. The number of rotatable bonds is 5. The summed E-state index contributed by atoms with van der Waals surface area (Å²) in [6, 6.07) is 3.23. The lowest BCUT2D eigenvalue weighted by Crippen LogP contribution is -2.22. The highest BCUT2D eigenvalue weighted by atomic mass is 32.2. The van der Waals surface area contributed by atoms with Crippen molar-refractivity contribution in [1.29, 1.82) is 0 Å². The van der Waals surface area contributed by atoms with Crippen molar-refractivity contribution in [3.8, 4) is 0 Å². The number of hydrogen-bond acceptors (Lipinski definition) is 4. The number of nitrogens with two attached hydrogens (primary N) is 1. The monoisotopic (exact) mass is 276 g/mol. The van der Waals surface area contributed by atoms with Crippen LogP contribution in [0.3, 0.4) is 0 Å². The third kappa shape index (κ3) is 3.67. The fraction of sp³-hybridized carbons (Fsp3) is 0.300. The molecule has 0 aromatic heterocycles. The highest BCUT2D eigenvalue weighted by molar-refractivity contribution is 7.89. The molecule has 0 atom stereocenters. The van der Waals surface area contributed by atoms with Crippen molar-refractivity contribution in [3.63, 3.8) is 0 Å². The molecule has 0 spiro atoms. The quantitative estimate of drug-likeness (QED) is 0.810. The molecule has 8 heteroatoms. The fourth-order valence-corrected chi connectivity index (χ4v) is 1.88. The minimum absolute atomic E-state index is 0.112. The van der Waals surface area contributed by atoms with Crippen LogP contribution in [-0.2, 0) is 14.8 Å². The summed E-state index contributed by atoms with van der Waals surface area (Å²) in [4.78, 5) is 11.5. The van der Waals surface area contributed by atoms with E-state index in [9.17, 15) is 17.6 Å². The van der Waals surface area contributed by atoms with E-state index in [0.29, 0.717) is 0 Å². The number of halogens is 1. The number of anilines is 1. The van der Waals surface area contributed by atoms with Crippen LogP contribution in [0.5, 0.6) is 0 Å². The summed E-state index contributed by atoms with van der Waals surface area (Å²) in [7, 11) is -2.43. The summed E-state index contributed by atoms with van der Waals surface area (Å²) in [5.41, 5.74) is 0.114. The van der Waals surface area contributed by atoms with E-state index < -0.39 is 21.8 Å². The Bertz CT molecular complexity index is 559. The van der Waals surface area contributed by atoms with Crippen molar-refractivity contribution < 1.29 is 22.7 Å². The Hall–Kier alpha value is -1.67. The Morgan fingerprint density at radius 1 is 1.50 bits per heavy atom. The van der Waals surface area contributed by atoms with Crippen molar-refractivity contribution >= 4 is 21.7 Å². The second kappa shape index (κ2) is 5.32. The van der Waals surface area contributed by atoms with Crippen LogP contribution in [0.1, 0.15) is 6.42 Å². The summed E-state index contributed by atoms with van der Waals surface area (Å²) in [6.45, 7) is 0.112. The van der Waals surface area contributed by atoms with Crippen LogP contribution in [0.15, 0.2) is 23.1 Å². The molecule has 1 aromatic carbocycles. The lowest BCUT2D eigenvalue weighted by atomic mass is 10.2. The highest BCUT2D eigenvalue weighted by Gasteiger charge is 2.14. The van der Waals surface area contributed by atoms with Gasteiger partial charge in [0.05, 0.1) is 17.0 Å². The zero-order chi connectivity index (χ0) is 13.9. The molecule has 6 nitrogen and oxygen atoms in total. The normalized spacial score (nSPS) is 11.3. The summed E-state index contributed by atoms with van der Waals surface area (Å²) in [6.07, 6.45) is -0.146. The van der Waals surface area contributed by atoms with Gasteiger partial charge in [-0.15, -0.1) is 0 Å². The number of carboxylic acid groups (broad SMARTS) is 1. The molecule has 0 bridgehead atoms. The summed E-state index contributed by atoms with van der Waals surface area (Å²) in [5.74, 6) is -1.77. The van der Waals surface area contributed by atoms with Gasteiger partial charge in [0.2, 0.25) is 10.0 Å². The molecule has 0 amide bonds. The first kappa shape index (κ1) is 14.4. The van der Waals surface area contributed by atoms with Crippen LogP contribution in [0.4, 0.5) is 10.1 Å². The van der Waals surface area contributed by atoms with E-state index in [1.807, 2.05) is 0 Å². The first-order valence-corrected chi connectivity index (χ1v) is 6.51. The summed E-state index contributed by atoms with van der Waals surface area (Å²) in [5, 5.41) is 13.4. The molecule has 0 aliphatic carbocycles. The van der Waals surface area contributed by atoms with E-state index in [1.165, 1.54) is 24.1 Å². The first-order chi connectivity index (χ1) is 8.21. The molecule has 0 saturated carbocycles. The first-order valence-electron chi connectivity index (χ1n) is 4.97. The van der Waals surface area contributed by atoms with Crippen molar-refractivity contribution in [3.05, 3.63) is 24.0 Å². The van der Waals surface area contributed by atoms with Gasteiger partial charge in [0.25, 0.3) is 0 Å². The highest BCUT2D eigenvalue weighted by Crippen LogP contribution is 2.21. The van der Waals surface area contributed by atoms with Crippen LogP contribution in [0.25, 0.3) is 0 Å². The summed E-state index contributed by atoms with van der Waals surface area (Å²) < 4.78 is 35.6. The van der Waals surface area contributed by atoms with E-state index in [4.69, 9.17) is 10.2 Å². The van der Waals surface area contributed by atoms with Crippen LogP contribution in [-0.4, -0.2) is 33.1 Å². The zero-order valence-corrected chi connectivity index (χ0v) is 10.4. The number of nitrogens with zero attached hydrogens (tertiary/aromatic N) is 1. The molecule has 0 saturated heterocycles. The molecule has 1 aromatic rings. The van der Waals surface area contributed by atoms with E-state index in [0.717, 1.165) is 6.07 Å². The molecule has 0 unspecified atom stereocenters. The predicted octanol–water partition coefficient (Wildman–Crippen LogP) is 0.384. The number of benzene rings is 1. The maximum atomic E-state index is 13.6. The van der Waals surface area contributed by atoms with Gasteiger partial charge in [-0.1, -0.05) is 0 Å². The molecule has 0 aliphatic rings. The molecular formula is C10H13FN2O4S. The molecule has 1 rings (SSSR count). The molecular weight excluding hydrogens is 263 g/mol. The minimum Gasteiger partial charge on any atom is -0.481 e. The Balaban J connectivity index is 2.95. The fourth-order valence-electron chi connectivity index (χ4n) is 1.36. The van der Waals surface area contributed by atoms with Gasteiger partial charge >= 0.3 is 5.97 Å². The number of hydrogen-bond donors (Lipinski definition) is 2. The van der Waals surface area contributed by atoms with Gasteiger partial charge in [-0.05, 0) is 18.2 Å². The molecule has 18 heavy (non-hydrogen) atoms. The van der Waals surface area contributed by atoms with Crippen molar-refractivity contribution in [1.82, 2.24) is 0 Å². The van der Waals surface area contributed by atoms with E-state index >= 15 is 0 Å². The standard InChI is InChI=1S/C10H13FN2O4S/c1-13(5-4-10(14)15)9-3-2-7(6-8(9)11)18(12,16)17/h2-3,6H,4-5H2,1H3,(H,14,15)(H2,12,16,17). The van der Waals surface area contributed by atoms with Gasteiger partial charge in [0.1, 0.15) is 5.82 Å². The smallest absolute Gasteiger partial charge is 0.305 e. The van der Waals surface area contributed by atoms with Crippen LogP contribution in [0.2, 0.25) is 0 Å². The van der Waals surface area contributed by atoms with Crippen molar-refractivity contribution in [2.75, 3.05) is 18.5 Å². The number of carbonyl (C=O) groups is 1. The Morgan fingerprint density at radius 3 is 2.56 bits per heavy atom. The maximum absolute atomic E-state index is 13.6. The van der Waals surface area contributed by atoms with Gasteiger partial charge in [-0.2, -0.15) is 0 Å². The van der Waals surface area contributed by atoms with E-state index in [1.54, 1.807) is 0 Å².